The average molecular weight is 380 g/mol. The largest absolute Gasteiger partial charge is 0.428 e. The van der Waals surface area contributed by atoms with Crippen LogP contribution in [0.25, 0.3) is 11.0 Å². The van der Waals surface area contributed by atoms with Crippen LogP contribution < -0.4 is 9.74 Å². The zero-order valence-electron chi connectivity index (χ0n) is 15.3. The summed E-state index contributed by atoms with van der Waals surface area (Å²) in [5, 5.41) is 12.6. The molecule has 8 nitrogen and oxygen atoms in total. The van der Waals surface area contributed by atoms with Crippen molar-refractivity contribution in [3.8, 4) is 0 Å². The van der Waals surface area contributed by atoms with E-state index in [-0.39, 0.29) is 16.7 Å². The first-order valence-electron chi connectivity index (χ1n) is 8.50. The number of Topliss-reactive ketones (excluding diaryl/α,β-unsaturated/α-hetero) is 2. The predicted molar refractivity (Wildman–Crippen MR) is 101 cm³/mol. The molecule has 28 heavy (non-hydrogen) atoms. The Balaban J connectivity index is 1.84. The summed E-state index contributed by atoms with van der Waals surface area (Å²) in [7, 11) is 0. The first-order valence-corrected chi connectivity index (χ1v) is 8.50. The number of hydrogen-bond donors (Lipinski definition) is 2. The maximum atomic E-state index is 12.6. The van der Waals surface area contributed by atoms with Crippen molar-refractivity contribution in [1.29, 1.82) is 0 Å². The Morgan fingerprint density at radius 2 is 1.68 bits per heavy atom. The highest BCUT2D eigenvalue weighted by Crippen LogP contribution is 2.14. The topological polar surface area (TPSA) is 111 Å². The molecule has 0 bridgehead atoms. The standard InChI is InChI=1S/C20H17N3O5/c1-12-7-9-14(10-8-12)21-20(26)18(25)11-17(24)19-13(2)22(27)15-5-3-4-6-16(15)23(19)28/h3-10,27H,11H2,1-2H3/p+1. The molecule has 3 rings (SSSR count). The third-order valence-electron chi connectivity index (χ3n) is 4.34. The van der Waals surface area contributed by atoms with Crippen LogP contribution in [0.5, 0.6) is 0 Å². The summed E-state index contributed by atoms with van der Waals surface area (Å²) in [6.07, 6.45) is -0.793. The first kappa shape index (κ1) is 19.0. The van der Waals surface area contributed by atoms with Crippen molar-refractivity contribution >= 4 is 34.2 Å². The molecule has 1 aromatic heterocycles. The molecule has 0 saturated carbocycles. The van der Waals surface area contributed by atoms with Gasteiger partial charge >= 0.3 is 5.69 Å². The van der Waals surface area contributed by atoms with Gasteiger partial charge in [0, 0.05) is 16.7 Å². The number of nitrogens with one attached hydrogen (secondary N) is 1. The molecule has 1 heterocycles. The van der Waals surface area contributed by atoms with Crippen molar-refractivity contribution in [3.05, 3.63) is 70.4 Å². The number of amides is 1. The van der Waals surface area contributed by atoms with Crippen molar-refractivity contribution in [2.75, 3.05) is 5.32 Å². The number of hydrogen-bond acceptors (Lipinski definition) is 5. The third-order valence-corrected chi connectivity index (χ3v) is 4.34. The van der Waals surface area contributed by atoms with Gasteiger partial charge in [-0.25, -0.2) is 0 Å². The van der Waals surface area contributed by atoms with Crippen LogP contribution in [-0.4, -0.2) is 27.4 Å². The van der Waals surface area contributed by atoms with Crippen LogP contribution >= 0.6 is 0 Å². The molecule has 0 fully saturated rings. The van der Waals surface area contributed by atoms with Gasteiger partial charge in [-0.05, 0) is 32.0 Å². The zero-order valence-corrected chi connectivity index (χ0v) is 15.3. The Hall–Kier alpha value is -3.81. The van der Waals surface area contributed by atoms with Gasteiger partial charge in [0.2, 0.25) is 11.6 Å². The van der Waals surface area contributed by atoms with E-state index in [2.05, 4.69) is 5.32 Å². The van der Waals surface area contributed by atoms with E-state index in [0.29, 0.717) is 14.8 Å². The molecular formula is C20H18N3O5+. The fourth-order valence-corrected chi connectivity index (χ4v) is 2.83. The van der Waals surface area contributed by atoms with Crippen molar-refractivity contribution in [2.24, 2.45) is 0 Å². The van der Waals surface area contributed by atoms with Crippen molar-refractivity contribution in [1.82, 2.24) is 4.73 Å². The van der Waals surface area contributed by atoms with E-state index < -0.39 is 29.6 Å². The summed E-state index contributed by atoms with van der Waals surface area (Å²) >= 11 is 0. The molecule has 0 aliphatic rings. The number of rotatable bonds is 5. The lowest BCUT2D eigenvalue weighted by Gasteiger charge is -2.06. The third kappa shape index (κ3) is 3.52. The Morgan fingerprint density at radius 3 is 2.36 bits per heavy atom. The van der Waals surface area contributed by atoms with E-state index in [1.807, 2.05) is 6.92 Å². The van der Waals surface area contributed by atoms with Crippen LogP contribution in [0.1, 0.15) is 28.2 Å². The SMILES string of the molecule is Cc1ccc(NC(=O)C(=O)CC(=O)c2c(C)n(O)c3ccccc3[n+]2=O)cc1. The normalized spacial score (nSPS) is 10.6. The second-order valence-corrected chi connectivity index (χ2v) is 6.37. The number of ketones is 2. The van der Waals surface area contributed by atoms with E-state index in [4.69, 9.17) is 0 Å². The Morgan fingerprint density at radius 1 is 1.04 bits per heavy atom. The highest BCUT2D eigenvalue weighted by atomic mass is 16.5. The molecular weight excluding hydrogens is 362 g/mol. The number of aryl methyl sites for hydroxylation is 1. The molecule has 2 N–H and O–H groups in total. The van der Waals surface area contributed by atoms with Gasteiger partial charge in [0.05, 0.1) is 10.8 Å². The number of nitrogens with zero attached hydrogens (tertiary/aromatic N) is 2. The highest BCUT2D eigenvalue weighted by Gasteiger charge is 2.31. The number of carbonyl (C=O) groups excluding carboxylic acids is 3. The van der Waals surface area contributed by atoms with Crippen LogP contribution in [0.3, 0.4) is 0 Å². The van der Waals surface area contributed by atoms with Crippen molar-refractivity contribution in [2.45, 2.75) is 20.3 Å². The van der Waals surface area contributed by atoms with E-state index in [1.165, 1.54) is 19.1 Å². The molecule has 0 radical (unpaired) electrons. The minimum atomic E-state index is -0.984. The molecule has 2 aromatic carbocycles. The molecule has 0 aliphatic heterocycles. The summed E-state index contributed by atoms with van der Waals surface area (Å²) < 4.78 is 1.08. The molecule has 0 saturated heterocycles. The zero-order chi connectivity index (χ0) is 20.4. The molecule has 0 unspecified atom stereocenters. The highest BCUT2D eigenvalue weighted by molar-refractivity contribution is 6.43. The van der Waals surface area contributed by atoms with Gasteiger partial charge in [-0.2, -0.15) is 4.73 Å². The summed E-state index contributed by atoms with van der Waals surface area (Å²) in [6.45, 7) is 3.26. The number of fused-ring (bicyclic) bond motifs is 1. The molecule has 3 aromatic rings. The maximum Gasteiger partial charge on any atom is 0.329 e. The summed E-state index contributed by atoms with van der Waals surface area (Å²) in [5.41, 5.74) is 1.28. The lowest BCUT2D eigenvalue weighted by Crippen LogP contribution is -2.33. The van der Waals surface area contributed by atoms with E-state index >= 15 is 0 Å². The van der Waals surface area contributed by atoms with Gasteiger partial charge in [-0.15, -0.1) is 0 Å². The minimum absolute atomic E-state index is 0.0227. The van der Waals surface area contributed by atoms with Gasteiger partial charge in [-0.3, -0.25) is 14.4 Å². The predicted octanol–water partition coefficient (Wildman–Crippen LogP) is 2.19. The number of aromatic nitrogens is 2. The number of benzene rings is 2. The van der Waals surface area contributed by atoms with Gasteiger partial charge in [0.15, 0.2) is 5.52 Å². The van der Waals surface area contributed by atoms with Crippen LogP contribution in [0.2, 0.25) is 0 Å². The van der Waals surface area contributed by atoms with Crippen LogP contribution in [-0.2, 0) is 9.59 Å². The summed E-state index contributed by atoms with van der Waals surface area (Å²) in [5.74, 6) is -2.79. The van der Waals surface area contributed by atoms with Crippen LogP contribution in [0.15, 0.2) is 48.5 Å². The molecule has 142 valence electrons. The van der Waals surface area contributed by atoms with Crippen molar-refractivity contribution in [3.63, 3.8) is 0 Å². The second kappa shape index (κ2) is 7.43. The first-order chi connectivity index (χ1) is 13.3. The fraction of sp³-hybridized carbons (Fsp3) is 0.150. The summed E-state index contributed by atoms with van der Waals surface area (Å²) in [4.78, 5) is 49.3. The molecule has 8 heteroatoms. The van der Waals surface area contributed by atoms with Gasteiger partial charge in [0.25, 0.3) is 11.4 Å². The Labute approximate surface area is 159 Å². The molecule has 1 amide bonds. The number of carbonyl (C=O) groups is 3. The number of anilines is 1. The maximum absolute atomic E-state index is 12.6. The van der Waals surface area contributed by atoms with Gasteiger partial charge in [-0.1, -0.05) is 29.8 Å². The van der Waals surface area contributed by atoms with E-state index in [0.717, 1.165) is 5.56 Å². The Bertz CT molecular complexity index is 1160. The monoisotopic (exact) mass is 380 g/mol. The summed E-state index contributed by atoms with van der Waals surface area (Å²) in [6, 6.07) is 13.0. The average Bonchev–Trinajstić information content (AvgIpc) is 2.68. The smallest absolute Gasteiger partial charge is 0.329 e. The number of para-hydroxylation sites is 2. The lowest BCUT2D eigenvalue weighted by atomic mass is 10.1. The Kier molecular flexibility index (Phi) is 5.04. The molecule has 0 aliphatic carbocycles. The van der Waals surface area contributed by atoms with Crippen molar-refractivity contribution < 1.29 is 24.0 Å². The van der Waals surface area contributed by atoms with Gasteiger partial charge in [0.1, 0.15) is 5.69 Å². The van der Waals surface area contributed by atoms with Crippen LogP contribution in [0.4, 0.5) is 5.69 Å². The minimum Gasteiger partial charge on any atom is -0.428 e. The van der Waals surface area contributed by atoms with E-state index in [9.17, 15) is 24.5 Å². The lowest BCUT2D eigenvalue weighted by molar-refractivity contribution is -0.469. The van der Waals surface area contributed by atoms with E-state index in [1.54, 1.807) is 36.4 Å². The fourth-order valence-electron chi connectivity index (χ4n) is 2.83. The molecule has 0 atom stereocenters. The molecule has 0 spiro atoms. The van der Waals surface area contributed by atoms with Gasteiger partial charge < -0.3 is 10.5 Å². The second-order valence-electron chi connectivity index (χ2n) is 6.37. The quantitative estimate of drug-likeness (QED) is 0.232. The van der Waals surface area contributed by atoms with Crippen LogP contribution in [0, 0.1) is 18.8 Å².